The second kappa shape index (κ2) is 7.99. The van der Waals surface area contributed by atoms with Gasteiger partial charge < -0.3 is 11.5 Å². The second-order valence-electron chi connectivity index (χ2n) is 5.85. The fraction of sp³-hybridized carbons (Fsp3) is 0. The van der Waals surface area contributed by atoms with Crippen molar-refractivity contribution < 1.29 is 4.79 Å². The summed E-state index contributed by atoms with van der Waals surface area (Å²) in [5.41, 5.74) is 14.2. The van der Waals surface area contributed by atoms with E-state index < -0.39 is 0 Å². The van der Waals surface area contributed by atoms with Crippen molar-refractivity contribution in [2.45, 2.75) is 0 Å². The van der Waals surface area contributed by atoms with Gasteiger partial charge in [0, 0.05) is 16.5 Å². The third-order valence-corrected chi connectivity index (χ3v) is 4.08. The van der Waals surface area contributed by atoms with Gasteiger partial charge in [-0.15, -0.1) is 0 Å². The normalized spacial score (nSPS) is 10.0. The summed E-state index contributed by atoms with van der Waals surface area (Å²) in [6.07, 6.45) is 0. The predicted molar refractivity (Wildman–Crippen MR) is 109 cm³/mol. The van der Waals surface area contributed by atoms with Crippen LogP contribution in [0.4, 0.5) is 11.4 Å². The molecule has 4 N–H and O–H groups in total. The number of carbonyl (C=O) groups excluding carboxylic acids is 1. The predicted octanol–water partition coefficient (Wildman–Crippen LogP) is 4.92. The van der Waals surface area contributed by atoms with Crippen molar-refractivity contribution in [1.29, 1.82) is 0 Å². The molecule has 3 nitrogen and oxygen atoms in total. The number of carbonyl (C=O) groups is 1. The Morgan fingerprint density at radius 2 is 1.08 bits per heavy atom. The molecule has 0 saturated carbocycles. The zero-order chi connectivity index (χ0) is 18.4. The van der Waals surface area contributed by atoms with E-state index in [9.17, 15) is 4.79 Å². The summed E-state index contributed by atoms with van der Waals surface area (Å²) in [5, 5.41) is 2.15. The van der Waals surface area contributed by atoms with Gasteiger partial charge >= 0.3 is 0 Å². The van der Waals surface area contributed by atoms with Gasteiger partial charge in [-0.2, -0.15) is 0 Å². The van der Waals surface area contributed by atoms with Gasteiger partial charge in [0.25, 0.3) is 0 Å². The number of nitrogen functional groups attached to an aromatic ring is 2. The van der Waals surface area contributed by atoms with E-state index >= 15 is 0 Å². The maximum atomic E-state index is 11.8. The number of ketones is 1. The van der Waals surface area contributed by atoms with E-state index in [1.165, 1.54) is 0 Å². The maximum Gasteiger partial charge on any atom is 0.193 e. The van der Waals surface area contributed by atoms with Crippen LogP contribution in [0.15, 0.2) is 97.1 Å². The van der Waals surface area contributed by atoms with Crippen molar-refractivity contribution in [2.24, 2.45) is 0 Å². The lowest BCUT2D eigenvalue weighted by atomic mass is 10.0. The second-order valence-corrected chi connectivity index (χ2v) is 5.85. The van der Waals surface area contributed by atoms with Gasteiger partial charge in [0.15, 0.2) is 5.78 Å². The Morgan fingerprint density at radius 3 is 1.65 bits per heavy atom. The van der Waals surface area contributed by atoms with Crippen LogP contribution in [-0.4, -0.2) is 5.78 Å². The minimum Gasteiger partial charge on any atom is -0.397 e. The van der Waals surface area contributed by atoms with Crippen LogP contribution in [0.3, 0.4) is 0 Å². The summed E-state index contributed by atoms with van der Waals surface area (Å²) in [4.78, 5) is 11.8. The molecule has 4 aromatic rings. The van der Waals surface area contributed by atoms with Gasteiger partial charge in [-0.3, -0.25) is 4.79 Å². The monoisotopic (exact) mass is 340 g/mol. The molecular formula is C23H20N2O. The van der Waals surface area contributed by atoms with Crippen molar-refractivity contribution in [3.8, 4) is 0 Å². The molecule has 0 unspecified atom stereocenters. The Bertz CT molecular complexity index is 970. The standard InChI is InChI=1S/C13H10O.C10H10N2/c14-13(11-7-3-1-4-8-11)12-9-5-2-6-10-12;11-9-6-5-7-3-1-2-4-8(7)10(9)12/h1-10H;1-6H,11-12H2. The minimum atomic E-state index is 0.0752. The number of fused-ring (bicyclic) bond motifs is 1. The highest BCUT2D eigenvalue weighted by Gasteiger charge is 2.06. The Balaban J connectivity index is 0.000000152. The average Bonchev–Trinajstić information content (AvgIpc) is 2.72. The summed E-state index contributed by atoms with van der Waals surface area (Å²) in [5.74, 6) is 0.0752. The van der Waals surface area contributed by atoms with Gasteiger partial charge in [-0.1, -0.05) is 91.0 Å². The topological polar surface area (TPSA) is 69.1 Å². The lowest BCUT2D eigenvalue weighted by Gasteiger charge is -2.03. The number of hydrogen-bond donors (Lipinski definition) is 2. The van der Waals surface area contributed by atoms with Crippen LogP contribution in [0, 0.1) is 0 Å². The lowest BCUT2D eigenvalue weighted by molar-refractivity contribution is 0.103. The number of benzene rings is 4. The van der Waals surface area contributed by atoms with E-state index in [1.54, 1.807) is 0 Å². The van der Waals surface area contributed by atoms with E-state index in [2.05, 4.69) is 0 Å². The average molecular weight is 340 g/mol. The SMILES string of the molecule is Nc1ccc2ccccc2c1N.O=C(c1ccccc1)c1ccccc1. The zero-order valence-corrected chi connectivity index (χ0v) is 14.3. The van der Waals surface area contributed by atoms with Crippen LogP contribution in [0.25, 0.3) is 10.8 Å². The highest BCUT2D eigenvalue weighted by atomic mass is 16.1. The molecule has 0 atom stereocenters. The molecule has 0 amide bonds. The van der Waals surface area contributed by atoms with E-state index in [-0.39, 0.29) is 5.78 Å². The van der Waals surface area contributed by atoms with Crippen LogP contribution in [0.1, 0.15) is 15.9 Å². The van der Waals surface area contributed by atoms with Crippen LogP contribution >= 0.6 is 0 Å². The van der Waals surface area contributed by atoms with Gasteiger partial charge in [0.2, 0.25) is 0 Å². The van der Waals surface area contributed by atoms with Crippen molar-refractivity contribution >= 4 is 27.9 Å². The molecular weight excluding hydrogens is 320 g/mol. The molecule has 0 spiro atoms. The first-order valence-electron chi connectivity index (χ1n) is 8.34. The van der Waals surface area contributed by atoms with Crippen LogP contribution < -0.4 is 11.5 Å². The molecule has 0 aromatic heterocycles. The molecule has 0 aliphatic rings. The van der Waals surface area contributed by atoms with Crippen LogP contribution in [-0.2, 0) is 0 Å². The first-order valence-corrected chi connectivity index (χ1v) is 8.34. The van der Waals surface area contributed by atoms with Crippen molar-refractivity contribution in [3.05, 3.63) is 108 Å². The van der Waals surface area contributed by atoms with Crippen LogP contribution in [0.2, 0.25) is 0 Å². The smallest absolute Gasteiger partial charge is 0.193 e. The largest absolute Gasteiger partial charge is 0.397 e. The number of rotatable bonds is 2. The summed E-state index contributed by atoms with van der Waals surface area (Å²) in [6, 6.07) is 30.3. The van der Waals surface area contributed by atoms with Gasteiger partial charge in [0.1, 0.15) is 0 Å². The fourth-order valence-electron chi connectivity index (χ4n) is 2.66. The quantitative estimate of drug-likeness (QED) is 0.402. The molecule has 0 saturated heterocycles. The first kappa shape index (κ1) is 17.2. The molecule has 3 heteroatoms. The third-order valence-electron chi connectivity index (χ3n) is 4.08. The molecule has 4 rings (SSSR count). The Morgan fingerprint density at radius 1 is 0.577 bits per heavy atom. The van der Waals surface area contributed by atoms with E-state index in [0.717, 1.165) is 21.9 Å². The van der Waals surface area contributed by atoms with Gasteiger partial charge in [-0.05, 0) is 11.5 Å². The molecule has 0 radical (unpaired) electrons. The number of hydrogen-bond acceptors (Lipinski definition) is 3. The van der Waals surface area contributed by atoms with Gasteiger partial charge in [0.05, 0.1) is 11.4 Å². The van der Waals surface area contributed by atoms with Crippen molar-refractivity contribution in [3.63, 3.8) is 0 Å². The summed E-state index contributed by atoms with van der Waals surface area (Å²) in [7, 11) is 0. The highest BCUT2D eigenvalue weighted by Crippen LogP contribution is 2.25. The highest BCUT2D eigenvalue weighted by molar-refractivity contribution is 6.08. The molecule has 0 aliphatic carbocycles. The van der Waals surface area contributed by atoms with E-state index in [0.29, 0.717) is 11.4 Å². The third kappa shape index (κ3) is 3.90. The maximum absolute atomic E-state index is 11.8. The molecule has 0 heterocycles. The molecule has 0 aliphatic heterocycles. The first-order chi connectivity index (χ1) is 12.7. The zero-order valence-electron chi connectivity index (χ0n) is 14.3. The number of nitrogens with two attached hydrogens (primary N) is 2. The molecule has 0 fully saturated rings. The van der Waals surface area contributed by atoms with E-state index in [1.807, 2.05) is 97.1 Å². The van der Waals surface area contributed by atoms with E-state index in [4.69, 9.17) is 11.5 Å². The molecule has 0 bridgehead atoms. The summed E-state index contributed by atoms with van der Waals surface area (Å²) in [6.45, 7) is 0. The van der Waals surface area contributed by atoms with Crippen molar-refractivity contribution in [2.75, 3.05) is 11.5 Å². The Kier molecular flexibility index (Phi) is 5.30. The Hall–Kier alpha value is -3.59. The molecule has 26 heavy (non-hydrogen) atoms. The summed E-state index contributed by atoms with van der Waals surface area (Å²) >= 11 is 0. The molecule has 128 valence electrons. The summed E-state index contributed by atoms with van der Waals surface area (Å²) < 4.78 is 0. The fourth-order valence-corrected chi connectivity index (χ4v) is 2.66. The van der Waals surface area contributed by atoms with Crippen LogP contribution in [0.5, 0.6) is 0 Å². The lowest BCUT2D eigenvalue weighted by Crippen LogP contribution is -1.99. The van der Waals surface area contributed by atoms with Gasteiger partial charge in [-0.25, -0.2) is 0 Å². The number of anilines is 2. The molecule has 4 aromatic carbocycles. The van der Waals surface area contributed by atoms with Crippen molar-refractivity contribution in [1.82, 2.24) is 0 Å². The minimum absolute atomic E-state index is 0.0752. The Labute approximate surface area is 152 Å².